The fraction of sp³-hybridized carbons (Fsp3) is 0.464. The van der Waals surface area contributed by atoms with Crippen LogP contribution in [0.2, 0.25) is 0 Å². The summed E-state index contributed by atoms with van der Waals surface area (Å²) >= 11 is 0. The van der Waals surface area contributed by atoms with Gasteiger partial charge in [0.15, 0.2) is 0 Å². The van der Waals surface area contributed by atoms with Crippen molar-refractivity contribution in [2.24, 2.45) is 0 Å². The highest BCUT2D eigenvalue weighted by Gasteiger charge is 2.32. The molecule has 0 spiro atoms. The summed E-state index contributed by atoms with van der Waals surface area (Å²) in [5.74, 6) is -0.789. The molecule has 2 fully saturated rings. The first-order valence-corrected chi connectivity index (χ1v) is 13.2. The van der Waals surface area contributed by atoms with E-state index in [2.05, 4.69) is 10.3 Å². The van der Waals surface area contributed by atoms with E-state index in [1.165, 1.54) is 6.07 Å². The van der Waals surface area contributed by atoms with Gasteiger partial charge < -0.3 is 29.5 Å². The molecule has 0 saturated carbocycles. The first kappa shape index (κ1) is 27.0. The molecule has 3 aromatic rings. The molecule has 1 atom stereocenters. The molecule has 1 aromatic carbocycles. The molecule has 2 saturated heterocycles. The van der Waals surface area contributed by atoms with Gasteiger partial charge in [-0.25, -0.2) is 18.6 Å². The highest BCUT2D eigenvalue weighted by atomic mass is 19.1. The number of rotatable bonds is 4. The lowest BCUT2D eigenvalue weighted by molar-refractivity contribution is 0.0240. The van der Waals surface area contributed by atoms with Crippen LogP contribution in [-0.2, 0) is 9.47 Å². The maximum atomic E-state index is 15.5. The Bertz CT molecular complexity index is 1340. The SMILES string of the molecule is Cc1c(N2CCN(C(=O)OC(C)(C)C)CC2)nc2cc(F)cc(F)c2c1N(c1ccncc1)C1CNCCO1. The number of pyridine rings is 2. The van der Waals surface area contributed by atoms with E-state index < -0.39 is 23.5 Å². The maximum absolute atomic E-state index is 15.5. The zero-order chi connectivity index (χ0) is 27.7. The standard InChI is InChI=1S/C28H34F2N6O3/c1-18-25(36(20-5-7-31-8-6-20)23-17-32-9-14-38-23)24-21(30)15-19(29)16-22(24)33-26(18)34-10-12-35(13-11-34)27(37)39-28(2,3)4/h5-8,15-16,23,32H,9-14,17H2,1-4H3. The lowest BCUT2D eigenvalue weighted by Crippen LogP contribution is -2.50. The molecule has 0 radical (unpaired) electrons. The predicted octanol–water partition coefficient (Wildman–Crippen LogP) is 4.36. The maximum Gasteiger partial charge on any atom is 0.410 e. The zero-order valence-corrected chi connectivity index (χ0v) is 22.7. The lowest BCUT2D eigenvalue weighted by atomic mass is 10.0. The normalized spacial score (nSPS) is 18.4. The Morgan fingerprint density at radius 2 is 1.87 bits per heavy atom. The number of carbonyl (C=O) groups is 1. The van der Waals surface area contributed by atoms with Crippen LogP contribution in [0.3, 0.4) is 0 Å². The molecule has 39 heavy (non-hydrogen) atoms. The number of fused-ring (bicyclic) bond motifs is 1. The van der Waals surface area contributed by atoms with Gasteiger partial charge in [0.05, 0.1) is 23.2 Å². The third-order valence-electron chi connectivity index (χ3n) is 6.80. The van der Waals surface area contributed by atoms with E-state index in [4.69, 9.17) is 14.5 Å². The van der Waals surface area contributed by atoms with Crippen molar-refractivity contribution in [2.45, 2.75) is 39.5 Å². The number of ether oxygens (including phenoxy) is 2. The van der Waals surface area contributed by atoms with Crippen LogP contribution in [0.1, 0.15) is 26.3 Å². The molecule has 4 heterocycles. The van der Waals surface area contributed by atoms with Gasteiger partial charge in [0, 0.05) is 75.0 Å². The monoisotopic (exact) mass is 540 g/mol. The molecule has 1 N–H and O–H groups in total. The van der Waals surface area contributed by atoms with E-state index in [1.54, 1.807) is 17.3 Å². The number of amides is 1. The predicted molar refractivity (Wildman–Crippen MR) is 145 cm³/mol. The van der Waals surface area contributed by atoms with Crippen molar-refractivity contribution in [3.63, 3.8) is 0 Å². The number of carbonyl (C=O) groups excluding carboxylic acids is 1. The lowest BCUT2D eigenvalue weighted by Gasteiger charge is -2.40. The minimum atomic E-state index is -0.700. The van der Waals surface area contributed by atoms with Gasteiger partial charge in [0.2, 0.25) is 0 Å². The highest BCUT2D eigenvalue weighted by Crippen LogP contribution is 2.42. The van der Waals surface area contributed by atoms with Gasteiger partial charge in [-0.3, -0.25) is 4.98 Å². The summed E-state index contributed by atoms with van der Waals surface area (Å²) in [4.78, 5) is 27.2. The Morgan fingerprint density at radius 1 is 1.15 bits per heavy atom. The molecule has 208 valence electrons. The first-order valence-electron chi connectivity index (χ1n) is 13.2. The third kappa shape index (κ3) is 5.74. The van der Waals surface area contributed by atoms with Crippen LogP contribution >= 0.6 is 0 Å². The number of hydrogen-bond donors (Lipinski definition) is 1. The van der Waals surface area contributed by atoms with Crippen LogP contribution < -0.4 is 15.1 Å². The summed E-state index contributed by atoms with van der Waals surface area (Å²) in [5, 5.41) is 3.56. The second-order valence-corrected chi connectivity index (χ2v) is 10.8. The largest absolute Gasteiger partial charge is 0.444 e. The second kappa shape index (κ2) is 10.9. The molecule has 5 rings (SSSR count). The number of piperazine rings is 1. The fourth-order valence-electron chi connectivity index (χ4n) is 5.07. The van der Waals surface area contributed by atoms with Gasteiger partial charge in [0.1, 0.15) is 29.3 Å². The summed E-state index contributed by atoms with van der Waals surface area (Å²) in [7, 11) is 0. The van der Waals surface area contributed by atoms with E-state index in [0.717, 1.165) is 17.3 Å². The number of morpholine rings is 1. The Morgan fingerprint density at radius 3 is 2.51 bits per heavy atom. The van der Waals surface area contributed by atoms with E-state index in [0.29, 0.717) is 57.4 Å². The van der Waals surface area contributed by atoms with E-state index in [-0.39, 0.29) is 17.0 Å². The van der Waals surface area contributed by atoms with Gasteiger partial charge in [0.25, 0.3) is 0 Å². The van der Waals surface area contributed by atoms with Crippen LogP contribution in [0.25, 0.3) is 10.9 Å². The van der Waals surface area contributed by atoms with Gasteiger partial charge in [-0.1, -0.05) is 0 Å². The minimum Gasteiger partial charge on any atom is -0.444 e. The molecule has 2 aliphatic heterocycles. The quantitative estimate of drug-likeness (QED) is 0.523. The van der Waals surface area contributed by atoms with Gasteiger partial charge in [-0.15, -0.1) is 0 Å². The van der Waals surface area contributed by atoms with Crippen molar-refractivity contribution in [1.82, 2.24) is 20.2 Å². The van der Waals surface area contributed by atoms with E-state index in [1.807, 2.05) is 49.6 Å². The van der Waals surface area contributed by atoms with Gasteiger partial charge in [-0.05, 0) is 39.8 Å². The first-order chi connectivity index (χ1) is 18.6. The number of aromatic nitrogens is 2. The number of nitrogens with one attached hydrogen (secondary N) is 1. The molecular formula is C28H34F2N6O3. The smallest absolute Gasteiger partial charge is 0.410 e. The average Bonchev–Trinajstić information content (AvgIpc) is 2.90. The zero-order valence-electron chi connectivity index (χ0n) is 22.7. The van der Waals surface area contributed by atoms with Crippen molar-refractivity contribution in [3.8, 4) is 0 Å². The molecule has 2 aromatic heterocycles. The van der Waals surface area contributed by atoms with Crippen LogP contribution in [0.5, 0.6) is 0 Å². The van der Waals surface area contributed by atoms with Crippen LogP contribution in [0, 0.1) is 18.6 Å². The topological polar surface area (TPSA) is 83.1 Å². The van der Waals surface area contributed by atoms with Gasteiger partial charge >= 0.3 is 6.09 Å². The molecular weight excluding hydrogens is 506 g/mol. The highest BCUT2D eigenvalue weighted by molar-refractivity contribution is 5.98. The number of anilines is 3. The molecule has 2 aliphatic rings. The molecule has 0 bridgehead atoms. The Hall–Kier alpha value is -3.57. The van der Waals surface area contributed by atoms with Crippen molar-refractivity contribution in [1.29, 1.82) is 0 Å². The van der Waals surface area contributed by atoms with Crippen molar-refractivity contribution < 1.29 is 23.0 Å². The van der Waals surface area contributed by atoms with Gasteiger partial charge in [-0.2, -0.15) is 0 Å². The van der Waals surface area contributed by atoms with Crippen LogP contribution in [0.15, 0.2) is 36.7 Å². The van der Waals surface area contributed by atoms with Crippen LogP contribution in [-0.4, -0.2) is 78.7 Å². The van der Waals surface area contributed by atoms with Crippen LogP contribution in [0.4, 0.5) is 30.8 Å². The molecule has 1 amide bonds. The van der Waals surface area contributed by atoms with Crippen molar-refractivity contribution in [2.75, 3.05) is 55.7 Å². The molecule has 9 nitrogen and oxygen atoms in total. The minimum absolute atomic E-state index is 0.209. The molecule has 11 heteroatoms. The number of hydrogen-bond acceptors (Lipinski definition) is 8. The summed E-state index contributed by atoms with van der Waals surface area (Å²) in [6.07, 6.45) is 2.54. The third-order valence-corrected chi connectivity index (χ3v) is 6.80. The molecule has 1 unspecified atom stereocenters. The number of nitrogens with zero attached hydrogens (tertiary/aromatic N) is 5. The van der Waals surface area contributed by atoms with Crippen molar-refractivity contribution >= 4 is 34.2 Å². The average molecular weight is 541 g/mol. The summed E-state index contributed by atoms with van der Waals surface area (Å²) in [6.45, 7) is 11.0. The number of halogens is 2. The Kier molecular flexibility index (Phi) is 7.55. The second-order valence-electron chi connectivity index (χ2n) is 10.8. The summed E-state index contributed by atoms with van der Waals surface area (Å²) in [5.41, 5.74) is 1.67. The Labute approximate surface area is 226 Å². The fourth-order valence-corrected chi connectivity index (χ4v) is 5.07. The summed E-state index contributed by atoms with van der Waals surface area (Å²) < 4.78 is 41.6. The molecule has 0 aliphatic carbocycles. The van der Waals surface area contributed by atoms with Crippen molar-refractivity contribution in [3.05, 3.63) is 53.9 Å². The summed E-state index contributed by atoms with van der Waals surface area (Å²) in [6, 6.07) is 5.82. The van der Waals surface area contributed by atoms with E-state index in [9.17, 15) is 9.18 Å². The van der Waals surface area contributed by atoms with E-state index >= 15 is 4.39 Å². The number of benzene rings is 1. The Balaban J connectivity index is 1.59.